The van der Waals surface area contributed by atoms with Gasteiger partial charge in [0, 0.05) is 31.2 Å². The maximum Gasteiger partial charge on any atom is 0.293 e. The second-order valence-electron chi connectivity index (χ2n) is 7.99. The van der Waals surface area contributed by atoms with Crippen molar-refractivity contribution in [2.75, 3.05) is 52.3 Å². The molecular weight excluding hydrogens is 396 g/mol. The number of morpholine rings is 1. The topological polar surface area (TPSA) is 105 Å². The Kier molecular flexibility index (Phi) is 6.77. The molecule has 2 aliphatic rings. The van der Waals surface area contributed by atoms with Crippen molar-refractivity contribution >= 4 is 21.4 Å². The van der Waals surface area contributed by atoms with Crippen molar-refractivity contribution in [1.82, 2.24) is 9.21 Å². The molecule has 0 aromatic heterocycles. The number of nitrogens with zero attached hydrogens (tertiary/aromatic N) is 3. The summed E-state index contributed by atoms with van der Waals surface area (Å²) >= 11 is 0. The van der Waals surface area contributed by atoms with Gasteiger partial charge >= 0.3 is 0 Å². The Hall–Kier alpha value is -1.75. The summed E-state index contributed by atoms with van der Waals surface area (Å²) in [6.07, 6.45) is 5.55. The molecule has 1 aliphatic carbocycles. The van der Waals surface area contributed by atoms with E-state index in [1.165, 1.54) is 22.9 Å². The number of nitro groups is 1. The van der Waals surface area contributed by atoms with E-state index in [0.717, 1.165) is 31.7 Å². The molecule has 1 N–H and O–H groups in total. The second-order valence-corrected chi connectivity index (χ2v) is 9.92. The van der Waals surface area contributed by atoms with Crippen molar-refractivity contribution in [2.45, 2.75) is 42.5 Å². The maximum absolute atomic E-state index is 12.8. The van der Waals surface area contributed by atoms with Crippen LogP contribution in [0.3, 0.4) is 0 Å². The van der Waals surface area contributed by atoms with Crippen molar-refractivity contribution in [3.8, 4) is 0 Å². The molecule has 1 aromatic carbocycles. The summed E-state index contributed by atoms with van der Waals surface area (Å²) in [5, 5.41) is 14.9. The highest BCUT2D eigenvalue weighted by atomic mass is 32.2. The van der Waals surface area contributed by atoms with Crippen molar-refractivity contribution in [1.29, 1.82) is 0 Å². The normalized spacial score (nSPS) is 20.5. The monoisotopic (exact) mass is 426 g/mol. The van der Waals surface area contributed by atoms with Crippen molar-refractivity contribution in [3.63, 3.8) is 0 Å². The maximum atomic E-state index is 12.8. The number of nitro benzene ring substituents is 1. The van der Waals surface area contributed by atoms with Crippen LogP contribution in [0.4, 0.5) is 11.4 Å². The third kappa shape index (κ3) is 4.71. The number of ether oxygens (including phenoxy) is 1. The van der Waals surface area contributed by atoms with E-state index in [1.807, 2.05) is 14.1 Å². The van der Waals surface area contributed by atoms with Crippen LogP contribution >= 0.6 is 0 Å². The van der Waals surface area contributed by atoms with E-state index in [2.05, 4.69) is 10.2 Å². The number of rotatable bonds is 7. The lowest BCUT2D eigenvalue weighted by atomic mass is 9.80. The molecule has 0 radical (unpaired) electrons. The Morgan fingerprint density at radius 2 is 1.86 bits per heavy atom. The van der Waals surface area contributed by atoms with Gasteiger partial charge in [0.2, 0.25) is 10.0 Å². The van der Waals surface area contributed by atoms with Crippen LogP contribution in [0.25, 0.3) is 0 Å². The molecule has 162 valence electrons. The van der Waals surface area contributed by atoms with Crippen LogP contribution in [-0.2, 0) is 14.8 Å². The predicted molar refractivity (Wildman–Crippen MR) is 111 cm³/mol. The Morgan fingerprint density at radius 3 is 2.45 bits per heavy atom. The molecule has 0 bridgehead atoms. The molecular formula is C19H30N4O5S. The molecule has 29 heavy (non-hydrogen) atoms. The zero-order valence-corrected chi connectivity index (χ0v) is 17.9. The van der Waals surface area contributed by atoms with Crippen molar-refractivity contribution < 1.29 is 18.1 Å². The number of nitrogens with one attached hydrogen (secondary N) is 1. The van der Waals surface area contributed by atoms with Gasteiger partial charge in [0.25, 0.3) is 5.69 Å². The van der Waals surface area contributed by atoms with Crippen LogP contribution in [0.1, 0.15) is 32.1 Å². The molecule has 1 saturated heterocycles. The number of benzene rings is 1. The van der Waals surface area contributed by atoms with Gasteiger partial charge in [-0.15, -0.1) is 0 Å². The van der Waals surface area contributed by atoms with Gasteiger partial charge in [0.1, 0.15) is 5.69 Å². The highest BCUT2D eigenvalue weighted by molar-refractivity contribution is 7.89. The number of likely N-dealkylation sites (N-methyl/N-ethyl adjacent to an activating group) is 1. The molecule has 0 spiro atoms. The van der Waals surface area contributed by atoms with E-state index >= 15 is 0 Å². The number of anilines is 1. The number of hydrogen-bond acceptors (Lipinski definition) is 7. The van der Waals surface area contributed by atoms with Gasteiger partial charge < -0.3 is 15.0 Å². The fourth-order valence-corrected chi connectivity index (χ4v) is 5.59. The molecule has 0 amide bonds. The Labute approximate surface area is 172 Å². The SMILES string of the molecule is CN(C)C1(CNc2ccc(S(=O)(=O)N3CCOCC3)cc2[N+](=O)[O-])CCCCC1. The van der Waals surface area contributed by atoms with Gasteiger partial charge in [-0.1, -0.05) is 19.3 Å². The van der Waals surface area contributed by atoms with Crippen LogP contribution in [0, 0.1) is 10.1 Å². The summed E-state index contributed by atoms with van der Waals surface area (Å²) in [5.74, 6) is 0. The summed E-state index contributed by atoms with van der Waals surface area (Å²) in [6, 6.07) is 4.12. The first kappa shape index (κ1) is 21.9. The first-order valence-electron chi connectivity index (χ1n) is 10.0. The molecule has 3 rings (SSSR count). The van der Waals surface area contributed by atoms with Gasteiger partial charge in [-0.2, -0.15) is 4.31 Å². The highest BCUT2D eigenvalue weighted by Crippen LogP contribution is 2.34. The van der Waals surface area contributed by atoms with Gasteiger partial charge in [-0.05, 0) is 39.1 Å². The van der Waals surface area contributed by atoms with Gasteiger partial charge in [-0.25, -0.2) is 8.42 Å². The van der Waals surface area contributed by atoms with E-state index in [0.29, 0.717) is 25.4 Å². The molecule has 10 heteroatoms. The summed E-state index contributed by atoms with van der Waals surface area (Å²) in [6.45, 7) is 1.74. The molecule has 9 nitrogen and oxygen atoms in total. The van der Waals surface area contributed by atoms with E-state index in [9.17, 15) is 18.5 Å². The second kappa shape index (κ2) is 8.95. The summed E-state index contributed by atoms with van der Waals surface area (Å²) in [4.78, 5) is 13.3. The quantitative estimate of drug-likeness (QED) is 0.527. The van der Waals surface area contributed by atoms with E-state index in [4.69, 9.17) is 4.74 Å². The average Bonchev–Trinajstić information content (AvgIpc) is 2.73. The fourth-order valence-electron chi connectivity index (χ4n) is 4.16. The van der Waals surface area contributed by atoms with Crippen LogP contribution in [0.2, 0.25) is 0 Å². The summed E-state index contributed by atoms with van der Waals surface area (Å²) in [5.41, 5.74) is 0.0803. The summed E-state index contributed by atoms with van der Waals surface area (Å²) < 4.78 is 32.2. The third-order valence-electron chi connectivity index (χ3n) is 6.11. The van der Waals surface area contributed by atoms with Crippen molar-refractivity contribution in [3.05, 3.63) is 28.3 Å². The van der Waals surface area contributed by atoms with Crippen LogP contribution in [-0.4, -0.2) is 75.0 Å². The van der Waals surface area contributed by atoms with Gasteiger partial charge in [0.15, 0.2) is 0 Å². The largest absolute Gasteiger partial charge is 0.379 e. The smallest absolute Gasteiger partial charge is 0.293 e. The third-order valence-corrected chi connectivity index (χ3v) is 8.01. The first-order chi connectivity index (χ1) is 13.8. The molecule has 1 saturated carbocycles. The zero-order chi connectivity index (χ0) is 21.1. The molecule has 1 heterocycles. The van der Waals surface area contributed by atoms with Crippen molar-refractivity contribution in [2.24, 2.45) is 0 Å². The number of hydrogen-bond donors (Lipinski definition) is 1. The standard InChI is InChI=1S/C19H30N4O5S/c1-21(2)19(8-4-3-5-9-19)15-20-17-7-6-16(14-18(17)23(24)25)29(26,27)22-10-12-28-13-11-22/h6-7,14,20H,3-5,8-13,15H2,1-2H3. The minimum atomic E-state index is -3.78. The van der Waals surface area contributed by atoms with Gasteiger partial charge in [-0.3, -0.25) is 10.1 Å². The molecule has 1 aromatic rings. The highest BCUT2D eigenvalue weighted by Gasteiger charge is 2.35. The Morgan fingerprint density at radius 1 is 1.21 bits per heavy atom. The average molecular weight is 427 g/mol. The Balaban J connectivity index is 1.84. The Bertz CT molecular complexity index is 831. The van der Waals surface area contributed by atoms with Crippen LogP contribution in [0.15, 0.2) is 23.1 Å². The van der Waals surface area contributed by atoms with Gasteiger partial charge in [0.05, 0.1) is 23.0 Å². The first-order valence-corrected chi connectivity index (χ1v) is 11.5. The summed E-state index contributed by atoms with van der Waals surface area (Å²) in [7, 11) is 0.299. The lowest BCUT2D eigenvalue weighted by molar-refractivity contribution is -0.384. The van der Waals surface area contributed by atoms with E-state index in [1.54, 1.807) is 0 Å². The molecule has 0 atom stereocenters. The number of sulfonamides is 1. The van der Waals surface area contributed by atoms with Crippen LogP contribution < -0.4 is 5.32 Å². The molecule has 2 fully saturated rings. The zero-order valence-electron chi connectivity index (χ0n) is 17.1. The minimum Gasteiger partial charge on any atom is -0.379 e. The minimum absolute atomic E-state index is 0.0509. The van der Waals surface area contributed by atoms with Crippen LogP contribution in [0.5, 0.6) is 0 Å². The van der Waals surface area contributed by atoms with E-state index < -0.39 is 14.9 Å². The molecule has 1 aliphatic heterocycles. The lowest BCUT2D eigenvalue weighted by Gasteiger charge is -2.43. The fraction of sp³-hybridized carbons (Fsp3) is 0.684. The predicted octanol–water partition coefficient (Wildman–Crippen LogP) is 2.29. The van der Waals surface area contributed by atoms with E-state index in [-0.39, 0.29) is 29.2 Å². The lowest BCUT2D eigenvalue weighted by Crippen LogP contribution is -2.51. The molecule has 0 unspecified atom stereocenters.